The molecule has 4 amide bonds. The average Bonchev–Trinajstić information content (AvgIpc) is 2.87. The molecule has 1 saturated carbocycles. The van der Waals surface area contributed by atoms with Crippen LogP contribution >= 0.6 is 11.8 Å². The van der Waals surface area contributed by atoms with Crippen LogP contribution in [0.4, 0.5) is 4.79 Å². The van der Waals surface area contributed by atoms with Crippen molar-refractivity contribution in [2.24, 2.45) is 5.41 Å². The molecule has 0 aromatic rings. The molecule has 0 aromatic carbocycles. The zero-order valence-electron chi connectivity index (χ0n) is 11.2. The predicted octanol–water partition coefficient (Wildman–Crippen LogP) is 1.77. The van der Waals surface area contributed by atoms with Gasteiger partial charge in [0.15, 0.2) is 0 Å². The number of hydrogen-bond acceptors (Lipinski definition) is 4. The highest BCUT2D eigenvalue weighted by Crippen LogP contribution is 2.41. The Labute approximate surface area is 117 Å². The molecule has 1 aliphatic heterocycles. The summed E-state index contributed by atoms with van der Waals surface area (Å²) in [6, 6.07) is -0.545. The number of amides is 4. The molecule has 1 spiro atoms. The van der Waals surface area contributed by atoms with Gasteiger partial charge in [-0.2, -0.15) is 11.8 Å². The second kappa shape index (κ2) is 5.94. The molecule has 2 rings (SSSR count). The molecule has 0 radical (unpaired) electrons. The van der Waals surface area contributed by atoms with Gasteiger partial charge in [0.2, 0.25) is 11.8 Å². The second-order valence-electron chi connectivity index (χ2n) is 5.21. The first-order valence-corrected chi connectivity index (χ1v) is 8.17. The summed E-state index contributed by atoms with van der Waals surface area (Å²) in [6.45, 7) is 0.417. The molecule has 6 heteroatoms. The highest BCUT2D eigenvalue weighted by molar-refractivity contribution is 7.98. The number of nitrogens with one attached hydrogen (secondary N) is 1. The third-order valence-corrected chi connectivity index (χ3v) is 4.69. The fourth-order valence-corrected chi connectivity index (χ4v) is 3.36. The number of barbiturate groups is 1. The molecule has 1 saturated heterocycles. The molecular formula is C13H20N2O3S. The third-order valence-electron chi connectivity index (χ3n) is 3.99. The molecule has 19 heavy (non-hydrogen) atoms. The van der Waals surface area contributed by atoms with E-state index in [1.165, 1.54) is 4.90 Å². The number of rotatable bonds is 5. The van der Waals surface area contributed by atoms with Gasteiger partial charge in [0.1, 0.15) is 5.41 Å². The van der Waals surface area contributed by atoms with Crippen molar-refractivity contribution in [2.45, 2.75) is 38.5 Å². The molecule has 0 atom stereocenters. The van der Waals surface area contributed by atoms with E-state index in [-0.39, 0.29) is 11.8 Å². The van der Waals surface area contributed by atoms with E-state index >= 15 is 0 Å². The molecular weight excluding hydrogens is 264 g/mol. The zero-order valence-corrected chi connectivity index (χ0v) is 12.1. The summed E-state index contributed by atoms with van der Waals surface area (Å²) in [7, 11) is 0. The van der Waals surface area contributed by atoms with Gasteiger partial charge in [0.25, 0.3) is 0 Å². The average molecular weight is 284 g/mol. The van der Waals surface area contributed by atoms with Crippen molar-refractivity contribution < 1.29 is 14.4 Å². The number of urea groups is 1. The molecule has 1 N–H and O–H groups in total. The van der Waals surface area contributed by atoms with Crippen molar-refractivity contribution in [2.75, 3.05) is 18.6 Å². The van der Waals surface area contributed by atoms with Gasteiger partial charge in [-0.25, -0.2) is 4.79 Å². The van der Waals surface area contributed by atoms with E-state index in [2.05, 4.69) is 5.32 Å². The molecule has 0 aromatic heterocycles. The van der Waals surface area contributed by atoms with Gasteiger partial charge in [0.05, 0.1) is 0 Å². The lowest BCUT2D eigenvalue weighted by atomic mass is 9.82. The summed E-state index contributed by atoms with van der Waals surface area (Å²) < 4.78 is 0. The van der Waals surface area contributed by atoms with E-state index < -0.39 is 11.4 Å². The molecule has 1 aliphatic carbocycles. The van der Waals surface area contributed by atoms with E-state index in [1.54, 1.807) is 11.8 Å². The Balaban J connectivity index is 2.04. The monoisotopic (exact) mass is 284 g/mol. The summed E-state index contributed by atoms with van der Waals surface area (Å²) in [5, 5.41) is 2.36. The van der Waals surface area contributed by atoms with Crippen molar-refractivity contribution in [1.29, 1.82) is 0 Å². The summed E-state index contributed by atoms with van der Waals surface area (Å²) in [4.78, 5) is 37.5. The summed E-state index contributed by atoms with van der Waals surface area (Å²) >= 11 is 1.75. The Hall–Kier alpha value is -1.04. The first kappa shape index (κ1) is 14.4. The number of unbranched alkanes of at least 4 members (excludes halogenated alkanes) is 1. The molecule has 2 fully saturated rings. The SMILES string of the molecule is CSCCCCN1C(=O)NC(=O)C2(CCCC2)C1=O. The number of imide groups is 2. The van der Waals surface area contributed by atoms with Crippen molar-refractivity contribution >= 4 is 29.6 Å². The topological polar surface area (TPSA) is 66.5 Å². The molecule has 1 heterocycles. The van der Waals surface area contributed by atoms with Gasteiger partial charge in [-0.3, -0.25) is 19.8 Å². The molecule has 106 valence electrons. The smallest absolute Gasteiger partial charge is 0.277 e. The zero-order chi connectivity index (χ0) is 13.9. The Kier molecular flexibility index (Phi) is 4.50. The minimum Gasteiger partial charge on any atom is -0.277 e. The van der Waals surface area contributed by atoms with Crippen LogP contribution in [0.2, 0.25) is 0 Å². The van der Waals surface area contributed by atoms with Gasteiger partial charge in [-0.05, 0) is 37.7 Å². The van der Waals surface area contributed by atoms with E-state index in [0.717, 1.165) is 31.4 Å². The van der Waals surface area contributed by atoms with Gasteiger partial charge in [0, 0.05) is 6.54 Å². The van der Waals surface area contributed by atoms with Gasteiger partial charge in [-0.15, -0.1) is 0 Å². The highest BCUT2D eigenvalue weighted by atomic mass is 32.2. The molecule has 2 aliphatic rings. The Morgan fingerprint density at radius 3 is 2.53 bits per heavy atom. The van der Waals surface area contributed by atoms with Crippen LogP contribution in [-0.2, 0) is 9.59 Å². The third kappa shape index (κ3) is 2.63. The minimum atomic E-state index is -0.951. The molecule has 0 bridgehead atoms. The van der Waals surface area contributed by atoms with Crippen LogP contribution in [0.25, 0.3) is 0 Å². The normalized spacial score (nSPS) is 22.2. The van der Waals surface area contributed by atoms with Crippen molar-refractivity contribution in [3.63, 3.8) is 0 Å². The standard InChI is InChI=1S/C13H20N2O3S/c1-19-9-5-4-8-15-11(17)13(6-2-3-7-13)10(16)14-12(15)18/h2-9H2,1H3,(H,14,16,18). The number of thioether (sulfide) groups is 1. The summed E-state index contributed by atoms with van der Waals surface area (Å²) in [6.07, 6.45) is 6.72. The lowest BCUT2D eigenvalue weighted by Crippen LogP contribution is -2.63. The van der Waals surface area contributed by atoms with Crippen LogP contribution in [0, 0.1) is 5.41 Å². The maximum Gasteiger partial charge on any atom is 0.330 e. The van der Waals surface area contributed by atoms with Crippen LogP contribution in [0.1, 0.15) is 38.5 Å². The molecule has 5 nitrogen and oxygen atoms in total. The number of carbonyl (C=O) groups excluding carboxylic acids is 3. The first-order valence-electron chi connectivity index (χ1n) is 6.78. The number of hydrogen-bond donors (Lipinski definition) is 1. The summed E-state index contributed by atoms with van der Waals surface area (Å²) in [5.74, 6) is 0.358. The Morgan fingerprint density at radius 2 is 1.89 bits per heavy atom. The quantitative estimate of drug-likeness (QED) is 0.617. The summed E-state index contributed by atoms with van der Waals surface area (Å²) in [5.41, 5.74) is -0.951. The van der Waals surface area contributed by atoms with Gasteiger partial charge < -0.3 is 0 Å². The number of carbonyl (C=O) groups is 3. The fraction of sp³-hybridized carbons (Fsp3) is 0.769. The second-order valence-corrected chi connectivity index (χ2v) is 6.19. The van der Waals surface area contributed by atoms with E-state index in [1.807, 2.05) is 6.26 Å². The van der Waals surface area contributed by atoms with Crippen molar-refractivity contribution in [3.8, 4) is 0 Å². The van der Waals surface area contributed by atoms with Crippen LogP contribution in [0.15, 0.2) is 0 Å². The number of nitrogens with zero attached hydrogens (tertiary/aromatic N) is 1. The molecule has 0 unspecified atom stereocenters. The largest absolute Gasteiger partial charge is 0.330 e. The van der Waals surface area contributed by atoms with Crippen molar-refractivity contribution in [3.05, 3.63) is 0 Å². The maximum absolute atomic E-state index is 12.5. The van der Waals surface area contributed by atoms with Gasteiger partial charge >= 0.3 is 6.03 Å². The highest BCUT2D eigenvalue weighted by Gasteiger charge is 2.54. The lowest BCUT2D eigenvalue weighted by Gasteiger charge is -2.36. The van der Waals surface area contributed by atoms with Crippen LogP contribution < -0.4 is 5.32 Å². The minimum absolute atomic E-state index is 0.275. The van der Waals surface area contributed by atoms with E-state index in [4.69, 9.17) is 0 Å². The fourth-order valence-electron chi connectivity index (χ4n) is 2.87. The van der Waals surface area contributed by atoms with Gasteiger partial charge in [-0.1, -0.05) is 12.8 Å². The van der Waals surface area contributed by atoms with E-state index in [0.29, 0.717) is 19.4 Å². The van der Waals surface area contributed by atoms with E-state index in [9.17, 15) is 14.4 Å². The van der Waals surface area contributed by atoms with Crippen molar-refractivity contribution in [1.82, 2.24) is 10.2 Å². The Bertz CT molecular complexity index is 391. The predicted molar refractivity (Wildman–Crippen MR) is 73.8 cm³/mol. The van der Waals surface area contributed by atoms with Crippen LogP contribution in [-0.4, -0.2) is 41.3 Å². The van der Waals surface area contributed by atoms with Crippen LogP contribution in [0.3, 0.4) is 0 Å². The van der Waals surface area contributed by atoms with Crippen LogP contribution in [0.5, 0.6) is 0 Å². The first-order chi connectivity index (χ1) is 9.12. The maximum atomic E-state index is 12.5. The lowest BCUT2D eigenvalue weighted by molar-refractivity contribution is -0.151. The Morgan fingerprint density at radius 1 is 1.21 bits per heavy atom.